The number of fused-ring (bicyclic) bond motifs is 5. The predicted octanol–water partition coefficient (Wildman–Crippen LogP) is 3.99. The van der Waals surface area contributed by atoms with E-state index in [4.69, 9.17) is 9.47 Å². The zero-order valence-electron chi connectivity index (χ0n) is 16.0. The lowest BCUT2D eigenvalue weighted by molar-refractivity contribution is -0.159. The summed E-state index contributed by atoms with van der Waals surface area (Å²) in [5.74, 6) is 3.35. The van der Waals surface area contributed by atoms with Crippen molar-refractivity contribution in [2.45, 2.75) is 59.0 Å². The lowest BCUT2D eigenvalue weighted by Crippen LogP contribution is -2.34. The van der Waals surface area contributed by atoms with Crippen LogP contribution in [0.5, 0.6) is 0 Å². The summed E-state index contributed by atoms with van der Waals surface area (Å²) in [6, 6.07) is 0. The summed E-state index contributed by atoms with van der Waals surface area (Å²) in [5, 5.41) is 0. The molecule has 0 spiro atoms. The molecule has 0 aromatic heterocycles. The molecule has 3 rings (SSSR count). The van der Waals surface area contributed by atoms with E-state index in [1.807, 2.05) is 20.8 Å². The molecule has 140 valence electrons. The second kappa shape index (κ2) is 6.77. The first-order valence-corrected chi connectivity index (χ1v) is 9.72. The van der Waals surface area contributed by atoms with Crippen molar-refractivity contribution < 1.29 is 19.1 Å². The summed E-state index contributed by atoms with van der Waals surface area (Å²) in [6.45, 7) is 12.0. The second-order valence-electron chi connectivity index (χ2n) is 9.27. The number of rotatable bonds is 5. The highest BCUT2D eigenvalue weighted by Crippen LogP contribution is 2.64. The maximum atomic E-state index is 12.6. The van der Waals surface area contributed by atoms with Crippen LogP contribution in [0.25, 0.3) is 0 Å². The van der Waals surface area contributed by atoms with Crippen LogP contribution in [0.3, 0.4) is 0 Å². The quantitative estimate of drug-likeness (QED) is 0.557. The van der Waals surface area contributed by atoms with Gasteiger partial charge in [-0.3, -0.25) is 9.59 Å². The molecule has 3 saturated carbocycles. The van der Waals surface area contributed by atoms with Crippen LogP contribution in [-0.4, -0.2) is 24.1 Å². The van der Waals surface area contributed by atoms with Gasteiger partial charge in [0.25, 0.3) is 0 Å². The molecular formula is C21H32O4. The molecule has 0 aromatic carbocycles. The van der Waals surface area contributed by atoms with E-state index in [9.17, 15) is 9.59 Å². The molecule has 2 bridgehead atoms. The van der Waals surface area contributed by atoms with Gasteiger partial charge in [0, 0.05) is 0 Å². The van der Waals surface area contributed by atoms with E-state index in [0.29, 0.717) is 23.7 Å². The lowest BCUT2D eigenvalue weighted by atomic mass is 9.71. The van der Waals surface area contributed by atoms with Crippen molar-refractivity contribution in [3.8, 4) is 0 Å². The fraction of sp³-hybridized carbons (Fsp3) is 0.810. The lowest BCUT2D eigenvalue weighted by Gasteiger charge is -2.33. The van der Waals surface area contributed by atoms with Crippen LogP contribution in [0.1, 0.15) is 53.4 Å². The third-order valence-corrected chi connectivity index (χ3v) is 6.50. The average molecular weight is 348 g/mol. The molecule has 4 heteroatoms. The largest absolute Gasteiger partial charge is 0.465 e. The molecule has 3 fully saturated rings. The number of esters is 2. The molecule has 0 aliphatic heterocycles. The molecule has 0 radical (unpaired) electrons. The average Bonchev–Trinajstić information content (AvgIpc) is 3.16. The highest BCUT2D eigenvalue weighted by atomic mass is 16.6. The van der Waals surface area contributed by atoms with Gasteiger partial charge in [-0.05, 0) is 75.5 Å². The molecule has 0 saturated heterocycles. The van der Waals surface area contributed by atoms with Crippen molar-refractivity contribution in [1.29, 1.82) is 0 Å². The minimum atomic E-state index is -0.500. The highest BCUT2D eigenvalue weighted by molar-refractivity contribution is 5.74. The topological polar surface area (TPSA) is 52.6 Å². The zero-order chi connectivity index (χ0) is 18.4. The van der Waals surface area contributed by atoms with Crippen molar-refractivity contribution in [3.05, 3.63) is 12.7 Å². The summed E-state index contributed by atoms with van der Waals surface area (Å²) >= 11 is 0. The van der Waals surface area contributed by atoms with E-state index in [2.05, 4.69) is 19.6 Å². The second-order valence-corrected chi connectivity index (χ2v) is 9.27. The minimum Gasteiger partial charge on any atom is -0.465 e. The van der Waals surface area contributed by atoms with Crippen LogP contribution in [0.2, 0.25) is 0 Å². The smallest absolute Gasteiger partial charge is 0.309 e. The Hall–Kier alpha value is -1.32. The van der Waals surface area contributed by atoms with E-state index in [1.54, 1.807) is 0 Å². The van der Waals surface area contributed by atoms with Gasteiger partial charge in [0.05, 0.1) is 12.3 Å². The Morgan fingerprint density at radius 1 is 1.16 bits per heavy atom. The number of allylic oxidation sites excluding steroid dienone is 1. The molecule has 0 heterocycles. The predicted molar refractivity (Wildman–Crippen MR) is 95.6 cm³/mol. The van der Waals surface area contributed by atoms with Crippen molar-refractivity contribution >= 4 is 11.9 Å². The molecule has 4 nitrogen and oxygen atoms in total. The molecule has 6 unspecified atom stereocenters. The number of hydrogen-bond acceptors (Lipinski definition) is 4. The SMILES string of the molecule is C=CC1CC(C)C2C1C1C[C@@H]2CC1C(=O)OCCC(=O)OC(C)(C)C. The summed E-state index contributed by atoms with van der Waals surface area (Å²) in [4.78, 5) is 24.3. The number of ether oxygens (including phenoxy) is 2. The Morgan fingerprint density at radius 2 is 1.88 bits per heavy atom. The van der Waals surface area contributed by atoms with Crippen LogP contribution >= 0.6 is 0 Å². The van der Waals surface area contributed by atoms with Crippen LogP contribution in [0, 0.1) is 41.4 Å². The molecule has 0 amide bonds. The van der Waals surface area contributed by atoms with Gasteiger partial charge in [-0.25, -0.2) is 0 Å². The van der Waals surface area contributed by atoms with Gasteiger partial charge in [-0.15, -0.1) is 6.58 Å². The maximum Gasteiger partial charge on any atom is 0.309 e. The summed E-state index contributed by atoms with van der Waals surface area (Å²) < 4.78 is 10.7. The third kappa shape index (κ3) is 3.63. The van der Waals surface area contributed by atoms with Gasteiger partial charge < -0.3 is 9.47 Å². The zero-order valence-corrected chi connectivity index (χ0v) is 16.0. The first-order chi connectivity index (χ1) is 11.7. The first-order valence-electron chi connectivity index (χ1n) is 9.72. The van der Waals surface area contributed by atoms with Gasteiger partial charge >= 0.3 is 11.9 Å². The van der Waals surface area contributed by atoms with Gasteiger partial charge in [-0.1, -0.05) is 13.0 Å². The van der Waals surface area contributed by atoms with Gasteiger partial charge in [-0.2, -0.15) is 0 Å². The van der Waals surface area contributed by atoms with Crippen LogP contribution < -0.4 is 0 Å². The van der Waals surface area contributed by atoms with Crippen molar-refractivity contribution in [2.75, 3.05) is 6.61 Å². The highest BCUT2D eigenvalue weighted by Gasteiger charge is 2.60. The van der Waals surface area contributed by atoms with Gasteiger partial charge in [0.2, 0.25) is 0 Å². The molecule has 25 heavy (non-hydrogen) atoms. The number of carbonyl (C=O) groups excluding carboxylic acids is 2. The van der Waals surface area contributed by atoms with E-state index in [0.717, 1.165) is 24.7 Å². The fourth-order valence-electron chi connectivity index (χ4n) is 5.90. The van der Waals surface area contributed by atoms with E-state index in [-0.39, 0.29) is 30.9 Å². The third-order valence-electron chi connectivity index (χ3n) is 6.50. The van der Waals surface area contributed by atoms with Crippen molar-refractivity contribution in [3.63, 3.8) is 0 Å². The Kier molecular flexibility index (Phi) is 5.00. The Morgan fingerprint density at radius 3 is 2.52 bits per heavy atom. The Balaban J connectivity index is 1.51. The Labute approximate surface area is 151 Å². The van der Waals surface area contributed by atoms with Crippen LogP contribution in [-0.2, 0) is 19.1 Å². The molecule has 3 aliphatic rings. The molecule has 0 N–H and O–H groups in total. The van der Waals surface area contributed by atoms with Gasteiger partial charge in [0.1, 0.15) is 12.2 Å². The number of hydrogen-bond donors (Lipinski definition) is 0. The maximum absolute atomic E-state index is 12.6. The number of carbonyl (C=O) groups is 2. The van der Waals surface area contributed by atoms with E-state index in [1.165, 1.54) is 6.42 Å². The van der Waals surface area contributed by atoms with Crippen molar-refractivity contribution in [2.24, 2.45) is 41.4 Å². The van der Waals surface area contributed by atoms with Crippen LogP contribution in [0.4, 0.5) is 0 Å². The molecule has 0 aromatic rings. The Bertz CT molecular complexity index is 547. The van der Waals surface area contributed by atoms with Crippen molar-refractivity contribution in [1.82, 2.24) is 0 Å². The minimum absolute atomic E-state index is 0.0117. The standard InChI is InChI=1S/C21H32O4/c1-6-13-9-12(2)18-14-10-15(19(13)18)16(11-14)20(23)24-8-7-17(22)25-21(3,4)5/h6,12-16,18-19H,1,7-11H2,2-5H3/t12?,13?,14-,15?,16?,18?,19?/m1/s1. The summed E-state index contributed by atoms with van der Waals surface area (Å²) in [7, 11) is 0. The van der Waals surface area contributed by atoms with Crippen LogP contribution in [0.15, 0.2) is 12.7 Å². The first kappa shape index (κ1) is 18.5. The molecule has 3 aliphatic carbocycles. The van der Waals surface area contributed by atoms with E-state index >= 15 is 0 Å². The summed E-state index contributed by atoms with van der Waals surface area (Å²) in [6.07, 6.45) is 5.57. The fourth-order valence-corrected chi connectivity index (χ4v) is 5.90. The normalized spacial score (nSPS) is 39.1. The monoisotopic (exact) mass is 348 g/mol. The molecular weight excluding hydrogens is 316 g/mol. The van der Waals surface area contributed by atoms with E-state index < -0.39 is 5.60 Å². The molecule has 7 atom stereocenters. The van der Waals surface area contributed by atoms with Gasteiger partial charge in [0.15, 0.2) is 0 Å². The summed E-state index contributed by atoms with van der Waals surface area (Å²) in [5.41, 5.74) is -0.500.